The summed E-state index contributed by atoms with van der Waals surface area (Å²) in [6, 6.07) is 6.22. The quantitative estimate of drug-likeness (QED) is 0.322. The number of hydrogen-bond acceptors (Lipinski definition) is 8. The van der Waals surface area contributed by atoms with E-state index >= 15 is 0 Å². The first-order valence-electron chi connectivity index (χ1n) is 8.29. The second-order valence-electron chi connectivity index (χ2n) is 6.01. The summed E-state index contributed by atoms with van der Waals surface area (Å²) in [5, 5.41) is 2.10. The number of nitrogens with zero attached hydrogens (tertiary/aromatic N) is 2. The van der Waals surface area contributed by atoms with Crippen molar-refractivity contribution in [2.45, 2.75) is 24.9 Å². The lowest BCUT2D eigenvalue weighted by Crippen LogP contribution is -2.70. The monoisotopic (exact) mass is 403 g/mol. The minimum atomic E-state index is -0.773. The van der Waals surface area contributed by atoms with Gasteiger partial charge in [0.15, 0.2) is 5.70 Å². The van der Waals surface area contributed by atoms with Crippen molar-refractivity contribution in [2.75, 3.05) is 12.9 Å². The van der Waals surface area contributed by atoms with Crippen LogP contribution in [0.1, 0.15) is 12.5 Å². The smallest absolute Gasteiger partial charge is 0.357 e. The molecule has 0 saturated carbocycles. The molecule has 10 heteroatoms. The summed E-state index contributed by atoms with van der Waals surface area (Å²) >= 11 is 1.29. The molecule has 146 valence electrons. The molecule has 0 bridgehead atoms. The SMILES string of the molecule is COc1ccc(COC(=O)C2=C(N=C=O)CS[C@H]3C(NC(C)=O)C(=O)N23)cc1. The second kappa shape index (κ2) is 8.28. The molecule has 0 aromatic heterocycles. The minimum Gasteiger partial charge on any atom is -0.497 e. The van der Waals surface area contributed by atoms with E-state index in [0.29, 0.717) is 5.75 Å². The van der Waals surface area contributed by atoms with E-state index in [1.54, 1.807) is 31.4 Å². The Balaban J connectivity index is 1.77. The number of ether oxygens (including phenoxy) is 2. The number of amides is 2. The lowest BCUT2D eigenvalue weighted by atomic mass is 10.0. The number of carbonyl (C=O) groups excluding carboxylic acids is 4. The molecular formula is C18H17N3O6S. The maximum atomic E-state index is 12.7. The van der Waals surface area contributed by atoms with Gasteiger partial charge in [-0.05, 0) is 17.7 Å². The number of rotatable bonds is 6. The molecule has 0 radical (unpaired) electrons. The molecule has 28 heavy (non-hydrogen) atoms. The first-order chi connectivity index (χ1) is 13.5. The van der Waals surface area contributed by atoms with Gasteiger partial charge in [-0.2, -0.15) is 4.99 Å². The summed E-state index contributed by atoms with van der Waals surface area (Å²) < 4.78 is 10.4. The lowest BCUT2D eigenvalue weighted by Gasteiger charge is -2.48. The Hall–Kier alpha value is -3.10. The van der Waals surface area contributed by atoms with Crippen LogP contribution in [0.2, 0.25) is 0 Å². The van der Waals surface area contributed by atoms with Gasteiger partial charge in [-0.25, -0.2) is 9.59 Å². The molecule has 2 aliphatic heterocycles. The number of methoxy groups -OCH3 is 1. The number of nitrogens with one attached hydrogen (secondary N) is 1. The zero-order valence-corrected chi connectivity index (χ0v) is 15.9. The molecule has 9 nitrogen and oxygen atoms in total. The molecule has 1 saturated heterocycles. The summed E-state index contributed by atoms with van der Waals surface area (Å²) in [6.45, 7) is 1.28. The van der Waals surface area contributed by atoms with Crippen LogP contribution in [0.15, 0.2) is 40.7 Å². The number of benzene rings is 1. The fourth-order valence-corrected chi connectivity index (χ4v) is 4.16. The van der Waals surface area contributed by atoms with Crippen molar-refractivity contribution in [2.24, 2.45) is 4.99 Å². The van der Waals surface area contributed by atoms with E-state index in [0.717, 1.165) is 5.56 Å². The highest BCUT2D eigenvalue weighted by Crippen LogP contribution is 2.40. The molecule has 2 amide bonds. The fourth-order valence-electron chi connectivity index (χ4n) is 2.89. The zero-order valence-electron chi connectivity index (χ0n) is 15.1. The zero-order chi connectivity index (χ0) is 20.3. The third kappa shape index (κ3) is 3.78. The van der Waals surface area contributed by atoms with Crippen molar-refractivity contribution in [3.63, 3.8) is 0 Å². The van der Waals surface area contributed by atoms with E-state index in [9.17, 15) is 19.2 Å². The first kappa shape index (κ1) is 19.7. The molecule has 1 N–H and O–H groups in total. The molecule has 1 aromatic rings. The third-order valence-corrected chi connectivity index (χ3v) is 5.47. The number of β-lactam (4-membered cyclic amide) rings is 1. The van der Waals surface area contributed by atoms with Gasteiger partial charge in [0.05, 0.1) is 12.8 Å². The van der Waals surface area contributed by atoms with Crippen molar-refractivity contribution in [3.05, 3.63) is 41.2 Å². The number of isocyanates is 1. The van der Waals surface area contributed by atoms with Gasteiger partial charge < -0.3 is 14.8 Å². The normalized spacial score (nSPS) is 20.5. The maximum absolute atomic E-state index is 12.7. The minimum absolute atomic E-state index is 0.0284. The number of hydrogen-bond donors (Lipinski definition) is 1. The van der Waals surface area contributed by atoms with Crippen LogP contribution < -0.4 is 10.1 Å². The van der Waals surface area contributed by atoms with E-state index < -0.39 is 23.3 Å². The Morgan fingerprint density at radius 1 is 1.36 bits per heavy atom. The molecule has 1 fully saturated rings. The van der Waals surface area contributed by atoms with Crippen LogP contribution in [0.3, 0.4) is 0 Å². The van der Waals surface area contributed by atoms with Gasteiger partial charge >= 0.3 is 5.97 Å². The van der Waals surface area contributed by atoms with Gasteiger partial charge in [-0.1, -0.05) is 12.1 Å². The number of esters is 1. The molecule has 2 aliphatic rings. The standard InChI is InChI=1S/C18H17N3O6S/c1-10(23)20-14-16(24)21-15(13(19-9-22)8-28-17(14)21)18(25)27-7-11-3-5-12(26-2)6-4-11/h3-6,14,17H,7-8H2,1-2H3,(H,20,23)/t14?,17-/m0/s1. The van der Waals surface area contributed by atoms with Crippen molar-refractivity contribution in [1.82, 2.24) is 10.2 Å². The molecular weight excluding hydrogens is 386 g/mol. The van der Waals surface area contributed by atoms with Crippen molar-refractivity contribution >= 4 is 35.6 Å². The van der Waals surface area contributed by atoms with Crippen LogP contribution in [0.5, 0.6) is 5.75 Å². The Morgan fingerprint density at radius 2 is 2.07 bits per heavy atom. The Morgan fingerprint density at radius 3 is 2.68 bits per heavy atom. The van der Waals surface area contributed by atoms with Gasteiger partial charge in [-0.15, -0.1) is 11.8 Å². The molecule has 2 heterocycles. The lowest BCUT2D eigenvalue weighted by molar-refractivity contribution is -0.153. The van der Waals surface area contributed by atoms with Gasteiger partial charge in [-0.3, -0.25) is 14.5 Å². The highest BCUT2D eigenvalue weighted by Gasteiger charge is 2.54. The van der Waals surface area contributed by atoms with Crippen LogP contribution in [0, 0.1) is 0 Å². The van der Waals surface area contributed by atoms with Crippen molar-refractivity contribution in [3.8, 4) is 5.75 Å². The predicted octanol–water partition coefficient (Wildman–Crippen LogP) is 0.706. The first-order valence-corrected chi connectivity index (χ1v) is 9.34. The fraction of sp³-hybridized carbons (Fsp3) is 0.333. The summed E-state index contributed by atoms with van der Waals surface area (Å²) in [4.78, 5) is 51.9. The maximum Gasteiger partial charge on any atom is 0.357 e. The van der Waals surface area contributed by atoms with Gasteiger partial charge in [0.1, 0.15) is 23.8 Å². The Kier molecular flexibility index (Phi) is 5.81. The van der Waals surface area contributed by atoms with Gasteiger partial charge in [0, 0.05) is 12.7 Å². The molecule has 0 aliphatic carbocycles. The number of fused-ring (bicyclic) bond motifs is 1. The molecule has 1 unspecified atom stereocenters. The van der Waals surface area contributed by atoms with Crippen LogP contribution in [0.25, 0.3) is 0 Å². The largest absolute Gasteiger partial charge is 0.497 e. The Bertz CT molecular complexity index is 891. The van der Waals surface area contributed by atoms with Crippen molar-refractivity contribution in [1.29, 1.82) is 0 Å². The highest BCUT2D eigenvalue weighted by molar-refractivity contribution is 8.00. The van der Waals surface area contributed by atoms with E-state index in [1.165, 1.54) is 29.7 Å². The number of aliphatic imine (C=N–C) groups is 1. The van der Waals surface area contributed by atoms with Gasteiger partial charge in [0.25, 0.3) is 5.91 Å². The molecule has 1 aromatic carbocycles. The van der Waals surface area contributed by atoms with E-state index in [4.69, 9.17) is 9.47 Å². The predicted molar refractivity (Wildman–Crippen MR) is 98.6 cm³/mol. The van der Waals surface area contributed by atoms with Crippen LogP contribution >= 0.6 is 11.8 Å². The molecule has 2 atom stereocenters. The average molecular weight is 403 g/mol. The summed E-state index contributed by atoms with van der Waals surface area (Å²) in [5.41, 5.74) is 0.751. The average Bonchev–Trinajstić information content (AvgIpc) is 2.70. The summed E-state index contributed by atoms with van der Waals surface area (Å²) in [6.07, 6.45) is 1.40. The van der Waals surface area contributed by atoms with E-state index in [1.807, 2.05) is 0 Å². The number of carbonyl (C=O) groups is 3. The van der Waals surface area contributed by atoms with Crippen LogP contribution in [-0.2, 0) is 30.5 Å². The summed E-state index contributed by atoms with van der Waals surface area (Å²) in [5.74, 6) is -0.690. The van der Waals surface area contributed by atoms with E-state index in [2.05, 4.69) is 10.3 Å². The summed E-state index contributed by atoms with van der Waals surface area (Å²) in [7, 11) is 1.55. The van der Waals surface area contributed by atoms with Crippen LogP contribution in [0.4, 0.5) is 0 Å². The molecule has 0 spiro atoms. The number of thioether (sulfide) groups is 1. The second-order valence-corrected chi connectivity index (χ2v) is 7.12. The van der Waals surface area contributed by atoms with E-state index in [-0.39, 0.29) is 29.7 Å². The van der Waals surface area contributed by atoms with Gasteiger partial charge in [0.2, 0.25) is 12.0 Å². The third-order valence-electron chi connectivity index (χ3n) is 4.21. The Labute approximate surface area is 164 Å². The highest BCUT2D eigenvalue weighted by atomic mass is 32.2. The topological polar surface area (TPSA) is 114 Å². The van der Waals surface area contributed by atoms with Crippen molar-refractivity contribution < 1.29 is 28.7 Å². The van der Waals surface area contributed by atoms with Crippen LogP contribution in [-0.4, -0.2) is 53.0 Å². The molecule has 3 rings (SSSR count).